The number of rotatable bonds is 5. The number of aryl methyl sites for hydroxylation is 1. The minimum Gasteiger partial charge on any atom is -0.324 e. The van der Waals surface area contributed by atoms with Crippen molar-refractivity contribution in [2.75, 3.05) is 5.32 Å². The van der Waals surface area contributed by atoms with Crippen LogP contribution >= 0.6 is 11.6 Å². The Kier molecular flexibility index (Phi) is 5.32. The minimum atomic E-state index is -0.241. The van der Waals surface area contributed by atoms with E-state index in [2.05, 4.69) is 46.7 Å². The Balaban J connectivity index is 1.68. The highest BCUT2D eigenvalue weighted by Gasteiger charge is 2.11. The zero-order valence-corrected chi connectivity index (χ0v) is 15.7. The van der Waals surface area contributed by atoms with E-state index in [1.807, 2.05) is 25.1 Å². The van der Waals surface area contributed by atoms with E-state index in [1.165, 1.54) is 10.4 Å². The Morgan fingerprint density at radius 1 is 1.19 bits per heavy atom. The third kappa shape index (κ3) is 4.26. The Morgan fingerprint density at radius 3 is 2.62 bits per heavy atom. The molecule has 1 aromatic heterocycles. The Hall–Kier alpha value is -2.73. The molecule has 3 rings (SSSR count). The van der Waals surface area contributed by atoms with Gasteiger partial charge in [0.25, 0.3) is 0 Å². The quantitative estimate of drug-likeness (QED) is 0.735. The first-order valence-electron chi connectivity index (χ1n) is 8.36. The summed E-state index contributed by atoms with van der Waals surface area (Å²) in [5.74, 6) is 0.716. The monoisotopic (exact) mass is 369 g/mol. The van der Waals surface area contributed by atoms with Crippen LogP contribution < -0.4 is 5.32 Å². The molecule has 134 valence electrons. The molecule has 7 heteroatoms. The standard InChI is InChI=1S/C19H20ClN5O/c1-12(2)14-5-7-15(8-6-14)19-22-24-25(23-19)11-18(26)21-17-10-16(20)9-4-13(17)3/h4-10,12H,11H2,1-3H3,(H,21,26). The Labute approximate surface area is 157 Å². The molecule has 0 atom stereocenters. The second kappa shape index (κ2) is 7.66. The van der Waals surface area contributed by atoms with E-state index in [4.69, 9.17) is 11.6 Å². The maximum atomic E-state index is 12.2. The second-order valence-electron chi connectivity index (χ2n) is 6.43. The highest BCUT2D eigenvalue weighted by atomic mass is 35.5. The van der Waals surface area contributed by atoms with Gasteiger partial charge in [-0.05, 0) is 41.3 Å². The molecular weight excluding hydrogens is 350 g/mol. The van der Waals surface area contributed by atoms with Gasteiger partial charge in [0, 0.05) is 16.3 Å². The van der Waals surface area contributed by atoms with Crippen molar-refractivity contribution in [3.63, 3.8) is 0 Å². The third-order valence-electron chi connectivity index (χ3n) is 4.05. The fraction of sp³-hybridized carbons (Fsp3) is 0.263. The molecule has 1 amide bonds. The van der Waals surface area contributed by atoms with Crippen molar-refractivity contribution >= 4 is 23.2 Å². The number of amides is 1. The van der Waals surface area contributed by atoms with Crippen molar-refractivity contribution in [3.8, 4) is 11.4 Å². The second-order valence-corrected chi connectivity index (χ2v) is 6.86. The Morgan fingerprint density at radius 2 is 1.92 bits per heavy atom. The summed E-state index contributed by atoms with van der Waals surface area (Å²) in [6.45, 7) is 6.16. The number of carbonyl (C=O) groups excluding carboxylic acids is 1. The van der Waals surface area contributed by atoms with Crippen molar-refractivity contribution in [2.45, 2.75) is 33.2 Å². The fourth-order valence-corrected chi connectivity index (χ4v) is 2.66. The molecule has 3 aromatic rings. The molecule has 0 radical (unpaired) electrons. The van der Waals surface area contributed by atoms with Crippen LogP contribution in [0, 0.1) is 6.92 Å². The lowest BCUT2D eigenvalue weighted by atomic mass is 10.0. The van der Waals surface area contributed by atoms with E-state index in [0.29, 0.717) is 22.5 Å². The smallest absolute Gasteiger partial charge is 0.248 e. The molecule has 0 aliphatic carbocycles. The van der Waals surface area contributed by atoms with Crippen molar-refractivity contribution in [1.82, 2.24) is 20.2 Å². The number of aromatic nitrogens is 4. The summed E-state index contributed by atoms with van der Waals surface area (Å²) in [5, 5.41) is 15.7. The van der Waals surface area contributed by atoms with Crippen LogP contribution in [0.5, 0.6) is 0 Å². The van der Waals surface area contributed by atoms with Crippen molar-refractivity contribution in [1.29, 1.82) is 0 Å². The average Bonchev–Trinajstić information content (AvgIpc) is 3.06. The number of anilines is 1. The molecule has 1 N–H and O–H groups in total. The van der Waals surface area contributed by atoms with Gasteiger partial charge in [0.1, 0.15) is 6.54 Å². The summed E-state index contributed by atoms with van der Waals surface area (Å²) < 4.78 is 0. The summed E-state index contributed by atoms with van der Waals surface area (Å²) >= 11 is 5.97. The van der Waals surface area contributed by atoms with Crippen molar-refractivity contribution < 1.29 is 4.79 Å². The zero-order valence-electron chi connectivity index (χ0n) is 14.9. The van der Waals surface area contributed by atoms with Gasteiger partial charge in [0.15, 0.2) is 0 Å². The minimum absolute atomic E-state index is 0.0248. The molecule has 1 heterocycles. The molecule has 0 fully saturated rings. The first-order chi connectivity index (χ1) is 12.4. The van der Waals surface area contributed by atoms with Crippen LogP contribution in [0.3, 0.4) is 0 Å². The number of benzene rings is 2. The van der Waals surface area contributed by atoms with Crippen LogP contribution in [0.25, 0.3) is 11.4 Å². The number of carbonyl (C=O) groups is 1. The van der Waals surface area contributed by atoms with Crippen LogP contribution in [0.4, 0.5) is 5.69 Å². The summed E-state index contributed by atoms with van der Waals surface area (Å²) in [4.78, 5) is 13.5. The molecule has 0 spiro atoms. The number of halogens is 1. The largest absolute Gasteiger partial charge is 0.324 e. The maximum absolute atomic E-state index is 12.2. The summed E-state index contributed by atoms with van der Waals surface area (Å²) in [6.07, 6.45) is 0. The average molecular weight is 370 g/mol. The molecular formula is C19H20ClN5O. The molecule has 0 bridgehead atoms. The summed E-state index contributed by atoms with van der Waals surface area (Å²) in [5.41, 5.74) is 3.72. The van der Waals surface area contributed by atoms with Crippen LogP contribution in [-0.4, -0.2) is 26.1 Å². The van der Waals surface area contributed by atoms with E-state index in [9.17, 15) is 4.79 Å². The lowest BCUT2D eigenvalue weighted by Crippen LogP contribution is -2.21. The number of tetrazole rings is 1. The Bertz CT molecular complexity index is 918. The molecule has 0 aliphatic heterocycles. The van der Waals surface area contributed by atoms with Gasteiger partial charge in [-0.25, -0.2) is 0 Å². The zero-order chi connectivity index (χ0) is 18.7. The van der Waals surface area contributed by atoms with Gasteiger partial charge >= 0.3 is 0 Å². The predicted octanol–water partition coefficient (Wildman–Crippen LogP) is 4.06. The first kappa shape index (κ1) is 18.1. The van der Waals surface area contributed by atoms with Gasteiger partial charge in [-0.2, -0.15) is 4.80 Å². The van der Waals surface area contributed by atoms with Crippen LogP contribution in [-0.2, 0) is 11.3 Å². The van der Waals surface area contributed by atoms with Gasteiger partial charge < -0.3 is 5.32 Å². The number of hydrogen-bond donors (Lipinski definition) is 1. The number of nitrogens with one attached hydrogen (secondary N) is 1. The van der Waals surface area contributed by atoms with Gasteiger partial charge in [-0.1, -0.05) is 55.8 Å². The van der Waals surface area contributed by atoms with Crippen molar-refractivity contribution in [3.05, 3.63) is 58.6 Å². The van der Waals surface area contributed by atoms with Crippen molar-refractivity contribution in [2.24, 2.45) is 0 Å². The lowest BCUT2D eigenvalue weighted by Gasteiger charge is -2.08. The van der Waals surface area contributed by atoms with Crippen LogP contribution in [0.15, 0.2) is 42.5 Å². The molecule has 2 aromatic carbocycles. The van der Waals surface area contributed by atoms with Gasteiger partial charge in [-0.15, -0.1) is 10.2 Å². The highest BCUT2D eigenvalue weighted by Crippen LogP contribution is 2.21. The molecule has 0 unspecified atom stereocenters. The van der Waals surface area contributed by atoms with E-state index < -0.39 is 0 Å². The van der Waals surface area contributed by atoms with Gasteiger partial charge in [-0.3, -0.25) is 4.79 Å². The number of hydrogen-bond acceptors (Lipinski definition) is 4. The molecule has 6 nitrogen and oxygen atoms in total. The lowest BCUT2D eigenvalue weighted by molar-refractivity contribution is -0.117. The van der Waals surface area contributed by atoms with Crippen LogP contribution in [0.1, 0.15) is 30.9 Å². The maximum Gasteiger partial charge on any atom is 0.248 e. The van der Waals surface area contributed by atoms with Crippen LogP contribution in [0.2, 0.25) is 5.02 Å². The SMILES string of the molecule is Cc1ccc(Cl)cc1NC(=O)Cn1nnc(-c2ccc(C(C)C)cc2)n1. The summed E-state index contributed by atoms with van der Waals surface area (Å²) in [7, 11) is 0. The van der Waals surface area contributed by atoms with E-state index in [1.54, 1.807) is 12.1 Å². The molecule has 26 heavy (non-hydrogen) atoms. The molecule has 0 saturated heterocycles. The van der Waals surface area contributed by atoms with E-state index in [-0.39, 0.29) is 12.5 Å². The van der Waals surface area contributed by atoms with E-state index in [0.717, 1.165) is 11.1 Å². The van der Waals surface area contributed by atoms with E-state index >= 15 is 0 Å². The topological polar surface area (TPSA) is 72.7 Å². The normalized spacial score (nSPS) is 11.0. The summed E-state index contributed by atoms with van der Waals surface area (Å²) in [6, 6.07) is 13.4. The van der Waals surface area contributed by atoms with Gasteiger partial charge in [0.05, 0.1) is 0 Å². The predicted molar refractivity (Wildman–Crippen MR) is 102 cm³/mol. The first-order valence-corrected chi connectivity index (χ1v) is 8.74. The fourth-order valence-electron chi connectivity index (χ4n) is 2.49. The highest BCUT2D eigenvalue weighted by molar-refractivity contribution is 6.31. The third-order valence-corrected chi connectivity index (χ3v) is 4.28. The molecule has 0 saturated carbocycles. The number of nitrogens with zero attached hydrogens (tertiary/aromatic N) is 4. The van der Waals surface area contributed by atoms with Gasteiger partial charge in [0.2, 0.25) is 11.7 Å². The molecule has 0 aliphatic rings.